The van der Waals surface area contributed by atoms with Gasteiger partial charge in [0.15, 0.2) is 0 Å². The first-order valence-corrected chi connectivity index (χ1v) is 8.70. The van der Waals surface area contributed by atoms with Crippen molar-refractivity contribution in [1.82, 2.24) is 5.32 Å². The first-order chi connectivity index (χ1) is 13.3. The van der Waals surface area contributed by atoms with Crippen molar-refractivity contribution in [3.63, 3.8) is 0 Å². The van der Waals surface area contributed by atoms with Crippen molar-refractivity contribution >= 4 is 17.5 Å². The molecule has 10 heteroatoms. The Morgan fingerprint density at radius 3 is 2.48 bits per heavy atom. The number of carbonyl (C=O) groups excluding carboxylic acids is 2. The van der Waals surface area contributed by atoms with Crippen molar-refractivity contribution in [2.75, 3.05) is 5.32 Å². The van der Waals surface area contributed by atoms with Crippen LogP contribution < -0.4 is 15.4 Å². The Hall–Kier alpha value is -3.27. The summed E-state index contributed by atoms with van der Waals surface area (Å²) in [5.74, 6) is -2.91. The van der Waals surface area contributed by atoms with Gasteiger partial charge < -0.3 is 20.5 Å². The smallest absolute Gasteiger partial charge is 0.389 e. The Labute approximate surface area is 166 Å². The minimum absolute atomic E-state index is 0.0799. The second kappa shape index (κ2) is 8.00. The molecule has 9 nitrogen and oxygen atoms in total. The first-order valence-electron chi connectivity index (χ1n) is 8.70. The predicted octanol–water partition coefficient (Wildman–Crippen LogP) is 2.11. The Bertz CT molecular complexity index is 906. The average molecular weight is 407 g/mol. The number of anilines is 1. The fourth-order valence-electron chi connectivity index (χ4n) is 2.60. The molecule has 1 aliphatic carbocycles. The van der Waals surface area contributed by atoms with Gasteiger partial charge in [0, 0.05) is 24.8 Å². The van der Waals surface area contributed by atoms with Crippen LogP contribution in [-0.4, -0.2) is 33.2 Å². The lowest BCUT2D eigenvalue weighted by Gasteiger charge is -2.30. The van der Waals surface area contributed by atoms with E-state index in [9.17, 15) is 29.2 Å². The molecule has 0 aliphatic heterocycles. The van der Waals surface area contributed by atoms with Crippen molar-refractivity contribution in [1.29, 1.82) is 0 Å². The van der Waals surface area contributed by atoms with E-state index in [1.807, 2.05) is 0 Å². The number of aliphatic hydroxyl groups is 1. The van der Waals surface area contributed by atoms with Gasteiger partial charge in [0.05, 0.1) is 16.5 Å². The second-order valence-corrected chi connectivity index (χ2v) is 7.19. The second-order valence-electron chi connectivity index (χ2n) is 7.19. The summed E-state index contributed by atoms with van der Waals surface area (Å²) < 4.78 is 19.7. The van der Waals surface area contributed by atoms with Crippen molar-refractivity contribution in [2.24, 2.45) is 5.92 Å². The third-order valence-corrected chi connectivity index (χ3v) is 4.22. The summed E-state index contributed by atoms with van der Waals surface area (Å²) in [6.07, 6.45) is 3.85. The summed E-state index contributed by atoms with van der Waals surface area (Å²) in [6, 6.07) is 3.48. The Morgan fingerprint density at radius 1 is 1.34 bits per heavy atom. The molecule has 1 aromatic carbocycles. The number of nitro groups is 1. The van der Waals surface area contributed by atoms with Gasteiger partial charge in [0.25, 0.3) is 5.91 Å². The maximum atomic E-state index is 14.1. The lowest BCUT2D eigenvalue weighted by molar-refractivity contribution is -0.607. The van der Waals surface area contributed by atoms with E-state index in [2.05, 4.69) is 10.6 Å². The molecule has 156 valence electrons. The number of amides is 2. The Kier molecular flexibility index (Phi) is 6.07. The zero-order valence-corrected chi connectivity index (χ0v) is 16.4. The van der Waals surface area contributed by atoms with Gasteiger partial charge >= 0.3 is 5.72 Å². The molecule has 29 heavy (non-hydrogen) atoms. The molecule has 1 aliphatic rings. The summed E-state index contributed by atoms with van der Waals surface area (Å²) >= 11 is 0. The first kappa shape index (κ1) is 22.0. The number of ether oxygens (including phenoxy) is 1. The molecule has 2 unspecified atom stereocenters. The van der Waals surface area contributed by atoms with Crippen LogP contribution >= 0.6 is 0 Å². The highest BCUT2D eigenvalue weighted by molar-refractivity contribution is 5.88. The van der Waals surface area contributed by atoms with Crippen LogP contribution in [0.2, 0.25) is 0 Å². The number of nitrogens with one attached hydrogen (secondary N) is 2. The largest absolute Gasteiger partial charge is 0.424 e. The van der Waals surface area contributed by atoms with Crippen LogP contribution in [0.5, 0.6) is 5.75 Å². The number of benzene rings is 1. The van der Waals surface area contributed by atoms with Crippen molar-refractivity contribution in [3.8, 4) is 5.75 Å². The maximum Gasteiger partial charge on any atom is 0.389 e. The molecule has 0 bridgehead atoms. The number of allylic oxidation sites excluding steroid dienone is 1. The summed E-state index contributed by atoms with van der Waals surface area (Å²) in [7, 11) is 0. The SMILES string of the molecule is CC(=O)Nc1ccc(OC2([N+](=O)[O-])C=CC(NC(=O)C(C)(C)O)=CC2C)cc1F. The van der Waals surface area contributed by atoms with E-state index in [0.717, 1.165) is 12.1 Å². The lowest BCUT2D eigenvalue weighted by Crippen LogP contribution is -2.50. The molecule has 0 heterocycles. The zero-order valence-electron chi connectivity index (χ0n) is 16.4. The average Bonchev–Trinajstić information content (AvgIpc) is 2.58. The van der Waals surface area contributed by atoms with Gasteiger partial charge in [-0.2, -0.15) is 0 Å². The van der Waals surface area contributed by atoms with E-state index >= 15 is 0 Å². The van der Waals surface area contributed by atoms with Gasteiger partial charge in [0.1, 0.15) is 17.2 Å². The van der Waals surface area contributed by atoms with Gasteiger partial charge in [-0.15, -0.1) is 0 Å². The van der Waals surface area contributed by atoms with Crippen molar-refractivity contribution in [3.05, 3.63) is 58.1 Å². The van der Waals surface area contributed by atoms with E-state index in [4.69, 9.17) is 4.74 Å². The fourth-order valence-corrected chi connectivity index (χ4v) is 2.60. The van der Waals surface area contributed by atoms with Crippen LogP contribution in [0, 0.1) is 21.8 Å². The molecule has 0 aromatic heterocycles. The quantitative estimate of drug-likeness (QED) is 0.376. The molecule has 0 radical (unpaired) electrons. The number of hydrogen-bond acceptors (Lipinski definition) is 6. The van der Waals surface area contributed by atoms with Crippen LogP contribution in [0.1, 0.15) is 27.7 Å². The molecule has 3 N–H and O–H groups in total. The maximum absolute atomic E-state index is 14.1. The highest BCUT2D eigenvalue weighted by atomic mass is 19.1. The molecule has 2 atom stereocenters. The minimum atomic E-state index is -2.04. The van der Waals surface area contributed by atoms with Gasteiger partial charge in [0.2, 0.25) is 5.91 Å². The Morgan fingerprint density at radius 2 is 2.00 bits per heavy atom. The third kappa shape index (κ3) is 4.96. The summed E-state index contributed by atoms with van der Waals surface area (Å²) in [6.45, 7) is 5.34. The monoisotopic (exact) mass is 407 g/mol. The van der Waals surface area contributed by atoms with E-state index in [1.165, 1.54) is 52.0 Å². The van der Waals surface area contributed by atoms with E-state index in [0.29, 0.717) is 0 Å². The van der Waals surface area contributed by atoms with Gasteiger partial charge in [-0.25, -0.2) is 4.39 Å². The van der Waals surface area contributed by atoms with E-state index in [-0.39, 0.29) is 17.1 Å². The highest BCUT2D eigenvalue weighted by Crippen LogP contribution is 2.33. The normalized spacial score (nSPS) is 21.2. The summed E-state index contributed by atoms with van der Waals surface area (Å²) in [4.78, 5) is 34.1. The molecule has 2 amide bonds. The van der Waals surface area contributed by atoms with E-state index < -0.39 is 39.8 Å². The van der Waals surface area contributed by atoms with Crippen molar-refractivity contribution < 1.29 is 28.7 Å². The van der Waals surface area contributed by atoms with Crippen LogP contribution in [-0.2, 0) is 9.59 Å². The zero-order chi connectivity index (χ0) is 22.0. The summed E-state index contributed by atoms with van der Waals surface area (Å²) in [5, 5.41) is 26.3. The molecule has 2 rings (SSSR count). The fraction of sp³-hybridized carbons (Fsp3) is 0.368. The Balaban J connectivity index is 2.27. The van der Waals surface area contributed by atoms with Crippen LogP contribution in [0.3, 0.4) is 0 Å². The topological polar surface area (TPSA) is 131 Å². The number of hydrogen-bond donors (Lipinski definition) is 3. The van der Waals surface area contributed by atoms with Crippen LogP contribution in [0.15, 0.2) is 42.1 Å². The number of halogens is 1. The molecule has 0 fully saturated rings. The summed E-state index contributed by atoms with van der Waals surface area (Å²) in [5.41, 5.74) is -3.48. The van der Waals surface area contributed by atoms with Crippen LogP contribution in [0.25, 0.3) is 0 Å². The number of rotatable bonds is 6. The van der Waals surface area contributed by atoms with Crippen LogP contribution in [0.4, 0.5) is 10.1 Å². The predicted molar refractivity (Wildman–Crippen MR) is 102 cm³/mol. The number of carbonyl (C=O) groups is 2. The standard InChI is InChI=1S/C19H22FN3O6/c1-11-9-13(22-17(25)18(3,4)26)7-8-19(11,23(27)28)29-14-5-6-16(15(20)10-14)21-12(2)24/h5-11,26H,1-4H3,(H,21,24)(H,22,25). The minimum Gasteiger partial charge on any atom is -0.424 e. The van der Waals surface area contributed by atoms with Gasteiger partial charge in [-0.3, -0.25) is 19.7 Å². The van der Waals surface area contributed by atoms with Gasteiger partial charge in [-0.1, -0.05) is 0 Å². The molecular formula is C19H22FN3O6. The molecule has 0 saturated carbocycles. The third-order valence-electron chi connectivity index (χ3n) is 4.22. The molecular weight excluding hydrogens is 385 g/mol. The number of nitrogens with zero attached hydrogens (tertiary/aromatic N) is 1. The molecule has 0 saturated heterocycles. The molecule has 1 aromatic rings. The van der Waals surface area contributed by atoms with E-state index in [1.54, 1.807) is 0 Å². The lowest BCUT2D eigenvalue weighted by atomic mass is 9.91. The van der Waals surface area contributed by atoms with Crippen molar-refractivity contribution in [2.45, 2.75) is 39.0 Å². The van der Waals surface area contributed by atoms with Gasteiger partial charge in [-0.05, 0) is 45.1 Å². The highest BCUT2D eigenvalue weighted by Gasteiger charge is 2.50. The molecule has 0 spiro atoms.